The lowest BCUT2D eigenvalue weighted by molar-refractivity contribution is -0.120. The number of carbonyl (C=O) groups excluding carboxylic acids is 2. The van der Waals surface area contributed by atoms with E-state index in [2.05, 4.69) is 15.6 Å². The summed E-state index contributed by atoms with van der Waals surface area (Å²) >= 11 is 5.93. The zero-order valence-electron chi connectivity index (χ0n) is 14.5. The highest BCUT2D eigenvalue weighted by Gasteiger charge is 2.07. The van der Waals surface area contributed by atoms with Crippen molar-refractivity contribution in [3.63, 3.8) is 0 Å². The molecular formula is C21H18ClN3O2. The van der Waals surface area contributed by atoms with Crippen LogP contribution in [0.25, 0.3) is 0 Å². The zero-order valence-corrected chi connectivity index (χ0v) is 15.2. The summed E-state index contributed by atoms with van der Waals surface area (Å²) in [5.41, 5.74) is 2.89. The summed E-state index contributed by atoms with van der Waals surface area (Å²) in [4.78, 5) is 28.2. The molecule has 0 aliphatic rings. The number of pyridine rings is 1. The Morgan fingerprint density at radius 3 is 2.56 bits per heavy atom. The molecule has 6 heteroatoms. The number of nitrogens with zero attached hydrogens (tertiary/aromatic N) is 1. The van der Waals surface area contributed by atoms with Gasteiger partial charge in [0.1, 0.15) is 0 Å². The second-order valence-electron chi connectivity index (χ2n) is 5.98. The molecule has 0 aliphatic carbocycles. The van der Waals surface area contributed by atoms with Crippen molar-refractivity contribution in [3.05, 3.63) is 94.8 Å². The van der Waals surface area contributed by atoms with Crippen LogP contribution in [0.15, 0.2) is 73.1 Å². The molecule has 0 saturated heterocycles. The van der Waals surface area contributed by atoms with Crippen molar-refractivity contribution < 1.29 is 9.59 Å². The summed E-state index contributed by atoms with van der Waals surface area (Å²) in [6.07, 6.45) is 3.39. The second-order valence-corrected chi connectivity index (χ2v) is 6.42. The quantitative estimate of drug-likeness (QED) is 0.683. The van der Waals surface area contributed by atoms with Gasteiger partial charge in [-0.05, 0) is 47.5 Å². The molecule has 2 amide bonds. The average Bonchev–Trinajstić information content (AvgIpc) is 2.67. The lowest BCUT2D eigenvalue weighted by Crippen LogP contribution is -2.24. The van der Waals surface area contributed by atoms with Crippen LogP contribution in [-0.2, 0) is 17.8 Å². The maximum absolute atomic E-state index is 12.2. The van der Waals surface area contributed by atoms with Gasteiger partial charge in [-0.15, -0.1) is 0 Å². The number of hydrogen-bond donors (Lipinski definition) is 2. The third kappa shape index (κ3) is 5.66. The molecule has 27 heavy (non-hydrogen) atoms. The van der Waals surface area contributed by atoms with E-state index in [9.17, 15) is 9.59 Å². The molecule has 3 rings (SSSR count). The van der Waals surface area contributed by atoms with Crippen molar-refractivity contribution in [2.75, 3.05) is 5.32 Å². The first kappa shape index (κ1) is 18.6. The molecule has 0 spiro atoms. The minimum absolute atomic E-state index is 0.0953. The molecular weight excluding hydrogens is 362 g/mol. The van der Waals surface area contributed by atoms with Crippen LogP contribution in [0.2, 0.25) is 5.02 Å². The van der Waals surface area contributed by atoms with Gasteiger partial charge in [-0.3, -0.25) is 14.6 Å². The van der Waals surface area contributed by atoms with Gasteiger partial charge in [-0.25, -0.2) is 0 Å². The number of nitrogens with one attached hydrogen (secondary N) is 2. The van der Waals surface area contributed by atoms with Crippen molar-refractivity contribution in [1.82, 2.24) is 10.3 Å². The second kappa shape index (κ2) is 8.96. The van der Waals surface area contributed by atoms with Gasteiger partial charge in [0.05, 0.1) is 12.0 Å². The van der Waals surface area contributed by atoms with Crippen LogP contribution < -0.4 is 10.6 Å². The molecule has 0 fully saturated rings. The van der Waals surface area contributed by atoms with Crippen molar-refractivity contribution in [1.29, 1.82) is 0 Å². The number of halogens is 1. The predicted molar refractivity (Wildman–Crippen MR) is 106 cm³/mol. The first-order valence-electron chi connectivity index (χ1n) is 8.41. The first-order chi connectivity index (χ1) is 13.1. The van der Waals surface area contributed by atoms with Gasteiger partial charge in [-0.1, -0.05) is 35.9 Å². The Balaban J connectivity index is 1.56. The van der Waals surface area contributed by atoms with Crippen molar-refractivity contribution >= 4 is 29.1 Å². The molecule has 0 bridgehead atoms. The topological polar surface area (TPSA) is 71.1 Å². The van der Waals surface area contributed by atoms with Crippen LogP contribution >= 0.6 is 11.6 Å². The van der Waals surface area contributed by atoms with E-state index in [-0.39, 0.29) is 18.2 Å². The van der Waals surface area contributed by atoms with Gasteiger partial charge < -0.3 is 10.6 Å². The standard InChI is InChI=1S/C21H18ClN3O2/c22-18-7-1-4-15(10-18)12-20(26)24-13-16-5-2-8-19(11-16)25-21(27)17-6-3-9-23-14-17/h1-11,14H,12-13H2,(H,24,26)(H,25,27). The molecule has 5 nitrogen and oxygen atoms in total. The summed E-state index contributed by atoms with van der Waals surface area (Å²) < 4.78 is 0. The Hall–Kier alpha value is -3.18. The monoisotopic (exact) mass is 379 g/mol. The van der Waals surface area contributed by atoms with E-state index in [1.165, 1.54) is 6.20 Å². The molecule has 0 atom stereocenters. The summed E-state index contributed by atoms with van der Waals surface area (Å²) in [7, 11) is 0. The number of anilines is 1. The molecule has 1 aromatic heterocycles. The number of rotatable bonds is 6. The highest BCUT2D eigenvalue weighted by atomic mass is 35.5. The van der Waals surface area contributed by atoms with Crippen LogP contribution in [-0.4, -0.2) is 16.8 Å². The third-order valence-electron chi connectivity index (χ3n) is 3.85. The van der Waals surface area contributed by atoms with Gasteiger partial charge in [0.2, 0.25) is 5.91 Å². The molecule has 136 valence electrons. The first-order valence-corrected chi connectivity index (χ1v) is 8.79. The van der Waals surface area contributed by atoms with E-state index in [4.69, 9.17) is 11.6 Å². The van der Waals surface area contributed by atoms with Gasteiger partial charge in [0.15, 0.2) is 0 Å². The van der Waals surface area contributed by atoms with Crippen molar-refractivity contribution in [3.8, 4) is 0 Å². The molecule has 0 unspecified atom stereocenters. The Labute approximate surface area is 162 Å². The van der Waals surface area contributed by atoms with Gasteiger partial charge in [0, 0.05) is 29.6 Å². The Bertz CT molecular complexity index is 945. The lowest BCUT2D eigenvalue weighted by atomic mass is 10.1. The maximum atomic E-state index is 12.2. The van der Waals surface area contributed by atoms with E-state index in [0.29, 0.717) is 22.8 Å². The van der Waals surface area contributed by atoms with Gasteiger partial charge >= 0.3 is 0 Å². The molecule has 3 aromatic rings. The highest BCUT2D eigenvalue weighted by molar-refractivity contribution is 6.30. The smallest absolute Gasteiger partial charge is 0.257 e. The summed E-state index contributed by atoms with van der Waals surface area (Å²) in [6.45, 7) is 0.371. The van der Waals surface area contributed by atoms with E-state index in [0.717, 1.165) is 11.1 Å². The lowest BCUT2D eigenvalue weighted by Gasteiger charge is -2.09. The average molecular weight is 380 g/mol. The fourth-order valence-electron chi connectivity index (χ4n) is 2.55. The number of benzene rings is 2. The maximum Gasteiger partial charge on any atom is 0.257 e. The number of hydrogen-bond acceptors (Lipinski definition) is 3. The fourth-order valence-corrected chi connectivity index (χ4v) is 2.77. The Morgan fingerprint density at radius 1 is 0.963 bits per heavy atom. The van der Waals surface area contributed by atoms with Crippen LogP contribution in [0.5, 0.6) is 0 Å². The number of aromatic nitrogens is 1. The third-order valence-corrected chi connectivity index (χ3v) is 4.09. The van der Waals surface area contributed by atoms with Gasteiger partial charge in [0.25, 0.3) is 5.91 Å². The molecule has 0 radical (unpaired) electrons. The van der Waals surface area contributed by atoms with Crippen LogP contribution in [0.3, 0.4) is 0 Å². The highest BCUT2D eigenvalue weighted by Crippen LogP contribution is 2.13. The van der Waals surface area contributed by atoms with Crippen LogP contribution in [0.4, 0.5) is 5.69 Å². The Morgan fingerprint density at radius 2 is 1.78 bits per heavy atom. The molecule has 0 aliphatic heterocycles. The van der Waals surface area contributed by atoms with Gasteiger partial charge in [-0.2, -0.15) is 0 Å². The largest absolute Gasteiger partial charge is 0.352 e. The number of amides is 2. The Kier molecular flexibility index (Phi) is 6.18. The van der Waals surface area contributed by atoms with Crippen LogP contribution in [0, 0.1) is 0 Å². The van der Waals surface area contributed by atoms with Crippen LogP contribution in [0.1, 0.15) is 21.5 Å². The summed E-state index contributed by atoms with van der Waals surface area (Å²) in [6, 6.07) is 18.0. The minimum Gasteiger partial charge on any atom is -0.352 e. The van der Waals surface area contributed by atoms with E-state index >= 15 is 0 Å². The normalized spacial score (nSPS) is 10.3. The molecule has 2 N–H and O–H groups in total. The summed E-state index contributed by atoms with van der Waals surface area (Å²) in [5.74, 6) is -0.327. The predicted octanol–water partition coefficient (Wildman–Crippen LogP) is 3.85. The van der Waals surface area contributed by atoms with Crippen molar-refractivity contribution in [2.24, 2.45) is 0 Å². The number of carbonyl (C=O) groups is 2. The van der Waals surface area contributed by atoms with Crippen molar-refractivity contribution in [2.45, 2.75) is 13.0 Å². The molecule has 2 aromatic carbocycles. The van der Waals surface area contributed by atoms with E-state index < -0.39 is 0 Å². The zero-order chi connectivity index (χ0) is 19.1. The van der Waals surface area contributed by atoms with E-state index in [1.54, 1.807) is 36.5 Å². The van der Waals surface area contributed by atoms with E-state index in [1.807, 2.05) is 30.3 Å². The minimum atomic E-state index is -0.231. The SMILES string of the molecule is O=C(Cc1cccc(Cl)c1)NCc1cccc(NC(=O)c2cccnc2)c1. The summed E-state index contributed by atoms with van der Waals surface area (Å²) in [5, 5.41) is 6.31. The molecule has 1 heterocycles. The fraction of sp³-hybridized carbons (Fsp3) is 0.0952. The molecule has 0 saturated carbocycles.